The van der Waals surface area contributed by atoms with Crippen LogP contribution in [0, 0.1) is 5.92 Å². The maximum atomic E-state index is 10.6. The zero-order valence-corrected chi connectivity index (χ0v) is 6.61. The van der Waals surface area contributed by atoms with Gasteiger partial charge in [0.15, 0.2) is 0 Å². The van der Waals surface area contributed by atoms with Crippen LogP contribution in [0.4, 0.5) is 0 Å². The lowest BCUT2D eigenvalue weighted by Crippen LogP contribution is -2.40. The van der Waals surface area contributed by atoms with Crippen molar-refractivity contribution >= 4 is 11.9 Å². The third kappa shape index (κ3) is 1.40. The minimum absolute atomic E-state index is 0.0549. The quantitative estimate of drug-likeness (QED) is 0.563. The SMILES string of the molecule is CC(C(=O)O)C1(O)CCC(=O)O1. The molecule has 1 heterocycles. The van der Waals surface area contributed by atoms with Crippen molar-refractivity contribution in [2.24, 2.45) is 5.92 Å². The van der Waals surface area contributed by atoms with Gasteiger partial charge < -0.3 is 14.9 Å². The summed E-state index contributed by atoms with van der Waals surface area (Å²) in [6.07, 6.45) is 0.132. The van der Waals surface area contributed by atoms with Gasteiger partial charge in [0.05, 0.1) is 6.42 Å². The molecule has 0 bridgehead atoms. The van der Waals surface area contributed by atoms with E-state index in [1.54, 1.807) is 0 Å². The molecule has 1 rings (SSSR count). The Morgan fingerprint density at radius 1 is 1.75 bits per heavy atom. The van der Waals surface area contributed by atoms with Crippen molar-refractivity contribution in [1.82, 2.24) is 0 Å². The van der Waals surface area contributed by atoms with Crippen LogP contribution in [0.2, 0.25) is 0 Å². The highest BCUT2D eigenvalue weighted by Crippen LogP contribution is 2.31. The molecule has 12 heavy (non-hydrogen) atoms. The first-order valence-electron chi connectivity index (χ1n) is 3.63. The van der Waals surface area contributed by atoms with Crippen molar-refractivity contribution in [1.29, 1.82) is 0 Å². The zero-order chi connectivity index (χ0) is 9.35. The monoisotopic (exact) mass is 174 g/mol. The van der Waals surface area contributed by atoms with Gasteiger partial charge >= 0.3 is 11.9 Å². The first kappa shape index (κ1) is 8.99. The average Bonchev–Trinajstić information content (AvgIpc) is 2.31. The summed E-state index contributed by atoms with van der Waals surface area (Å²) in [5.41, 5.74) is 0. The summed E-state index contributed by atoms with van der Waals surface area (Å²) in [6.45, 7) is 1.31. The number of cyclic esters (lactones) is 1. The Morgan fingerprint density at radius 3 is 2.67 bits per heavy atom. The van der Waals surface area contributed by atoms with Crippen LogP contribution in [0.3, 0.4) is 0 Å². The minimum atomic E-state index is -1.80. The molecule has 0 radical (unpaired) electrons. The van der Waals surface area contributed by atoms with E-state index >= 15 is 0 Å². The lowest BCUT2D eigenvalue weighted by molar-refractivity contribution is -0.212. The highest BCUT2D eigenvalue weighted by atomic mass is 16.7. The molecule has 0 amide bonds. The summed E-state index contributed by atoms with van der Waals surface area (Å²) in [4.78, 5) is 21.1. The molecule has 1 aliphatic rings. The predicted octanol–water partition coefficient (Wildman–Crippen LogP) is -0.267. The molecule has 0 aliphatic carbocycles. The van der Waals surface area contributed by atoms with E-state index in [2.05, 4.69) is 4.74 Å². The molecule has 68 valence electrons. The molecule has 0 aromatic heterocycles. The normalized spacial score (nSPS) is 31.3. The molecule has 1 saturated heterocycles. The van der Waals surface area contributed by atoms with Crippen LogP contribution in [0.1, 0.15) is 19.8 Å². The highest BCUT2D eigenvalue weighted by molar-refractivity contribution is 5.75. The summed E-state index contributed by atoms with van der Waals surface area (Å²) in [7, 11) is 0. The van der Waals surface area contributed by atoms with Crippen molar-refractivity contribution in [3.05, 3.63) is 0 Å². The fraction of sp³-hybridized carbons (Fsp3) is 0.714. The van der Waals surface area contributed by atoms with Crippen molar-refractivity contribution in [2.75, 3.05) is 0 Å². The number of hydrogen-bond acceptors (Lipinski definition) is 4. The van der Waals surface area contributed by atoms with Gasteiger partial charge in [-0.2, -0.15) is 0 Å². The van der Waals surface area contributed by atoms with E-state index in [1.807, 2.05) is 0 Å². The molecule has 1 fully saturated rings. The number of aliphatic carboxylic acids is 1. The Morgan fingerprint density at radius 2 is 2.33 bits per heavy atom. The lowest BCUT2D eigenvalue weighted by atomic mass is 9.98. The van der Waals surface area contributed by atoms with Gasteiger partial charge in [-0.05, 0) is 6.92 Å². The van der Waals surface area contributed by atoms with Gasteiger partial charge in [0.1, 0.15) is 5.92 Å². The van der Waals surface area contributed by atoms with Crippen LogP contribution in [0.15, 0.2) is 0 Å². The Balaban J connectivity index is 2.72. The molecule has 1 aliphatic heterocycles. The summed E-state index contributed by atoms with van der Waals surface area (Å²) < 4.78 is 4.51. The van der Waals surface area contributed by atoms with E-state index in [0.29, 0.717) is 0 Å². The van der Waals surface area contributed by atoms with Crippen molar-refractivity contribution in [2.45, 2.75) is 25.6 Å². The highest BCUT2D eigenvalue weighted by Gasteiger charge is 2.46. The molecule has 2 unspecified atom stereocenters. The average molecular weight is 174 g/mol. The maximum Gasteiger partial charge on any atom is 0.312 e. The van der Waals surface area contributed by atoms with Crippen LogP contribution in [-0.4, -0.2) is 27.9 Å². The van der Waals surface area contributed by atoms with E-state index in [0.717, 1.165) is 0 Å². The summed E-state index contributed by atoms with van der Waals surface area (Å²) in [6, 6.07) is 0. The van der Waals surface area contributed by atoms with E-state index in [9.17, 15) is 14.7 Å². The second kappa shape index (κ2) is 2.75. The Hall–Kier alpha value is -1.10. The van der Waals surface area contributed by atoms with Crippen molar-refractivity contribution < 1.29 is 24.5 Å². The molecule has 2 atom stereocenters. The van der Waals surface area contributed by atoms with Gasteiger partial charge in [-0.15, -0.1) is 0 Å². The third-order valence-corrected chi connectivity index (χ3v) is 2.02. The number of ether oxygens (including phenoxy) is 1. The number of esters is 1. The van der Waals surface area contributed by atoms with Gasteiger partial charge in [0, 0.05) is 6.42 Å². The molecule has 5 heteroatoms. The van der Waals surface area contributed by atoms with Gasteiger partial charge in [0.2, 0.25) is 5.79 Å². The van der Waals surface area contributed by atoms with Crippen molar-refractivity contribution in [3.8, 4) is 0 Å². The van der Waals surface area contributed by atoms with Crippen LogP contribution in [-0.2, 0) is 14.3 Å². The van der Waals surface area contributed by atoms with Crippen LogP contribution < -0.4 is 0 Å². The molecule has 0 aromatic carbocycles. The van der Waals surface area contributed by atoms with Crippen LogP contribution in [0.25, 0.3) is 0 Å². The molecule has 5 nitrogen and oxygen atoms in total. The Kier molecular flexibility index (Phi) is 2.06. The summed E-state index contributed by atoms with van der Waals surface area (Å²) >= 11 is 0. The fourth-order valence-electron chi connectivity index (χ4n) is 1.08. The number of aliphatic hydroxyl groups is 1. The second-order valence-electron chi connectivity index (χ2n) is 2.88. The second-order valence-corrected chi connectivity index (χ2v) is 2.88. The summed E-state index contributed by atoms with van der Waals surface area (Å²) in [5, 5.41) is 18.0. The first-order valence-corrected chi connectivity index (χ1v) is 3.63. The Bertz CT molecular complexity index is 224. The third-order valence-electron chi connectivity index (χ3n) is 2.02. The molecule has 0 aromatic rings. The molecule has 0 spiro atoms. The fourth-order valence-corrected chi connectivity index (χ4v) is 1.08. The smallest absolute Gasteiger partial charge is 0.312 e. The Labute approximate surface area is 68.9 Å². The maximum absolute atomic E-state index is 10.6. The van der Waals surface area contributed by atoms with E-state index < -0.39 is 23.6 Å². The van der Waals surface area contributed by atoms with Gasteiger partial charge in [-0.3, -0.25) is 9.59 Å². The van der Waals surface area contributed by atoms with Gasteiger partial charge in [0.25, 0.3) is 0 Å². The topological polar surface area (TPSA) is 83.8 Å². The number of hydrogen-bond donors (Lipinski definition) is 2. The summed E-state index contributed by atoms with van der Waals surface area (Å²) in [5.74, 6) is -4.61. The van der Waals surface area contributed by atoms with E-state index in [-0.39, 0.29) is 12.8 Å². The van der Waals surface area contributed by atoms with Crippen LogP contribution in [0.5, 0.6) is 0 Å². The molecular weight excluding hydrogens is 164 g/mol. The lowest BCUT2D eigenvalue weighted by Gasteiger charge is -2.24. The van der Waals surface area contributed by atoms with Crippen LogP contribution >= 0.6 is 0 Å². The number of rotatable bonds is 2. The number of carboxylic acids is 1. The van der Waals surface area contributed by atoms with Gasteiger partial charge in [-0.25, -0.2) is 0 Å². The molecule has 2 N–H and O–H groups in total. The standard InChI is InChI=1S/C7H10O5/c1-4(6(9)10)7(11)3-2-5(8)12-7/h4,11H,2-3H2,1H3,(H,9,10). The van der Waals surface area contributed by atoms with Crippen molar-refractivity contribution in [3.63, 3.8) is 0 Å². The number of carboxylic acid groups (broad SMARTS) is 1. The predicted molar refractivity (Wildman–Crippen MR) is 37.1 cm³/mol. The molecule has 0 saturated carbocycles. The minimum Gasteiger partial charge on any atom is -0.481 e. The first-order chi connectivity index (χ1) is 5.46. The van der Waals surface area contributed by atoms with E-state index in [4.69, 9.17) is 5.11 Å². The molecular formula is C7H10O5. The largest absolute Gasteiger partial charge is 0.481 e. The van der Waals surface area contributed by atoms with E-state index in [1.165, 1.54) is 6.92 Å². The zero-order valence-electron chi connectivity index (χ0n) is 6.61. The van der Waals surface area contributed by atoms with Gasteiger partial charge in [-0.1, -0.05) is 0 Å². The number of carbonyl (C=O) groups is 2. The number of carbonyl (C=O) groups excluding carboxylic acids is 1.